The normalized spacial score (nSPS) is 11.8. The summed E-state index contributed by atoms with van der Waals surface area (Å²) in [5, 5.41) is 5.10. The molecule has 5 aromatic rings. The number of amides is 1. The van der Waals surface area contributed by atoms with Crippen molar-refractivity contribution in [3.63, 3.8) is 0 Å². The molecule has 36 heavy (non-hydrogen) atoms. The predicted molar refractivity (Wildman–Crippen MR) is 140 cm³/mol. The van der Waals surface area contributed by atoms with Gasteiger partial charge in [-0.15, -0.1) is 11.3 Å². The highest BCUT2D eigenvalue weighted by molar-refractivity contribution is 7.14. The number of anilines is 1. The number of ether oxygens (including phenoxy) is 1. The van der Waals surface area contributed by atoms with E-state index in [0.29, 0.717) is 34.0 Å². The number of carbonyl (C=O) groups excluding carboxylic acids is 2. The summed E-state index contributed by atoms with van der Waals surface area (Å²) in [6.07, 6.45) is 2.78. The van der Waals surface area contributed by atoms with Crippen LogP contribution < -0.4 is 5.32 Å². The Balaban J connectivity index is 1.26. The van der Waals surface area contributed by atoms with E-state index in [0.717, 1.165) is 22.4 Å². The van der Waals surface area contributed by atoms with Crippen LogP contribution in [0.25, 0.3) is 33.7 Å². The van der Waals surface area contributed by atoms with Gasteiger partial charge in [0.15, 0.2) is 11.2 Å². The fraction of sp³-hybridized carbons (Fsp3) is 0.148. The van der Waals surface area contributed by atoms with Gasteiger partial charge in [-0.25, -0.2) is 14.8 Å². The molecule has 180 valence electrons. The third-order valence-corrected chi connectivity index (χ3v) is 6.40. The van der Waals surface area contributed by atoms with Crippen molar-refractivity contribution in [3.8, 4) is 22.6 Å². The first-order valence-electron chi connectivity index (χ1n) is 11.4. The maximum Gasteiger partial charge on any atom is 0.338 e. The molecule has 2 N–H and O–H groups in total. The number of aromatic nitrogens is 4. The van der Waals surface area contributed by atoms with Crippen molar-refractivity contribution in [3.05, 3.63) is 83.5 Å². The van der Waals surface area contributed by atoms with E-state index in [2.05, 4.69) is 25.3 Å². The number of thiazole rings is 1. The second kappa shape index (κ2) is 10.1. The van der Waals surface area contributed by atoms with Crippen molar-refractivity contribution in [1.29, 1.82) is 0 Å². The van der Waals surface area contributed by atoms with E-state index in [4.69, 9.17) is 4.74 Å². The number of esters is 1. The molecule has 9 heteroatoms. The molecule has 2 aromatic carbocycles. The van der Waals surface area contributed by atoms with Crippen LogP contribution in [0.4, 0.5) is 5.13 Å². The van der Waals surface area contributed by atoms with E-state index in [-0.39, 0.29) is 0 Å². The van der Waals surface area contributed by atoms with Crippen molar-refractivity contribution in [1.82, 2.24) is 19.9 Å². The Morgan fingerprint density at radius 1 is 1.08 bits per heavy atom. The van der Waals surface area contributed by atoms with Crippen molar-refractivity contribution in [2.45, 2.75) is 26.4 Å². The number of imidazole rings is 1. The van der Waals surface area contributed by atoms with Gasteiger partial charge < -0.3 is 9.72 Å². The Morgan fingerprint density at radius 2 is 1.92 bits per heavy atom. The number of rotatable bonds is 7. The van der Waals surface area contributed by atoms with E-state index in [1.54, 1.807) is 37.5 Å². The molecule has 3 heterocycles. The lowest BCUT2D eigenvalue weighted by Crippen LogP contribution is -2.32. The quantitative estimate of drug-likeness (QED) is 0.282. The fourth-order valence-electron chi connectivity index (χ4n) is 3.67. The van der Waals surface area contributed by atoms with Gasteiger partial charge in [-0.3, -0.25) is 15.1 Å². The van der Waals surface area contributed by atoms with E-state index in [1.165, 1.54) is 11.3 Å². The minimum atomic E-state index is -0.951. The number of fused-ring (bicyclic) bond motifs is 1. The molecule has 0 fully saturated rings. The van der Waals surface area contributed by atoms with E-state index in [1.807, 2.05) is 48.7 Å². The van der Waals surface area contributed by atoms with Crippen LogP contribution in [-0.2, 0) is 9.53 Å². The van der Waals surface area contributed by atoms with Gasteiger partial charge in [0.2, 0.25) is 0 Å². The van der Waals surface area contributed by atoms with Crippen LogP contribution in [-0.4, -0.2) is 37.9 Å². The molecule has 0 bridgehead atoms. The Kier molecular flexibility index (Phi) is 6.55. The molecule has 1 amide bonds. The van der Waals surface area contributed by atoms with Crippen molar-refractivity contribution < 1.29 is 14.3 Å². The van der Waals surface area contributed by atoms with Gasteiger partial charge >= 0.3 is 5.97 Å². The summed E-state index contributed by atoms with van der Waals surface area (Å²) < 4.78 is 5.55. The predicted octanol–water partition coefficient (Wildman–Crippen LogP) is 5.63. The third kappa shape index (κ3) is 5.01. The average Bonchev–Trinajstić information content (AvgIpc) is 3.54. The maximum atomic E-state index is 12.8. The molecule has 0 aliphatic carbocycles. The van der Waals surface area contributed by atoms with Crippen LogP contribution in [0.15, 0.2) is 72.4 Å². The fourth-order valence-corrected chi connectivity index (χ4v) is 4.39. The van der Waals surface area contributed by atoms with Gasteiger partial charge in [-0.1, -0.05) is 36.8 Å². The summed E-state index contributed by atoms with van der Waals surface area (Å²) in [4.78, 5) is 42.0. The van der Waals surface area contributed by atoms with Gasteiger partial charge in [-0.05, 0) is 43.7 Å². The second-order valence-corrected chi connectivity index (χ2v) is 9.11. The summed E-state index contributed by atoms with van der Waals surface area (Å²) >= 11 is 1.32. The highest BCUT2D eigenvalue weighted by Crippen LogP contribution is 2.26. The number of nitrogens with one attached hydrogen (secondary N) is 2. The molecule has 0 spiro atoms. The monoisotopic (exact) mass is 497 g/mol. The molecular formula is C27H23N5O3S. The first-order valence-corrected chi connectivity index (χ1v) is 12.3. The van der Waals surface area contributed by atoms with Gasteiger partial charge in [0.1, 0.15) is 5.82 Å². The minimum absolute atomic E-state index is 0.325. The highest BCUT2D eigenvalue weighted by Gasteiger charge is 2.23. The number of carbonyl (C=O) groups is 2. The van der Waals surface area contributed by atoms with E-state index < -0.39 is 18.0 Å². The number of H-pyrrole nitrogens is 1. The van der Waals surface area contributed by atoms with E-state index in [9.17, 15) is 9.59 Å². The third-order valence-electron chi connectivity index (χ3n) is 5.65. The number of hydrogen-bond acceptors (Lipinski definition) is 7. The lowest BCUT2D eigenvalue weighted by atomic mass is 10.1. The molecule has 3 aromatic heterocycles. The average molecular weight is 498 g/mol. The zero-order valence-corrected chi connectivity index (χ0v) is 20.5. The molecule has 1 atom stereocenters. The van der Waals surface area contributed by atoms with Crippen LogP contribution in [0.5, 0.6) is 0 Å². The van der Waals surface area contributed by atoms with Crippen LogP contribution in [0, 0.1) is 6.92 Å². The zero-order chi connectivity index (χ0) is 25.1. The van der Waals surface area contributed by atoms with E-state index >= 15 is 0 Å². The Labute approximate surface area is 211 Å². The SMILES string of the molecule is CCC(OC(=O)c1ccc2nc(-c3cccnc3)[nH]c2c1)C(=O)Nc1nc(-c2ccc(C)cc2)cs1. The summed E-state index contributed by atoms with van der Waals surface area (Å²) in [6, 6.07) is 16.8. The van der Waals surface area contributed by atoms with Gasteiger partial charge in [0.25, 0.3) is 5.91 Å². The second-order valence-electron chi connectivity index (χ2n) is 8.25. The zero-order valence-electron chi connectivity index (χ0n) is 19.7. The standard InChI is InChI=1S/C27H23N5O3S/c1-3-23(25(33)32-27-31-22(15-36-27)17-8-6-16(2)7-9-17)35-26(34)18-10-11-20-21(13-18)30-24(29-20)19-5-4-12-28-14-19/h4-15,23H,3H2,1-2H3,(H,29,30)(H,31,32,33). The molecule has 1 unspecified atom stereocenters. The van der Waals surface area contributed by atoms with Gasteiger partial charge in [-0.2, -0.15) is 0 Å². The van der Waals surface area contributed by atoms with Crippen molar-refractivity contribution >= 4 is 39.4 Å². The molecule has 0 aliphatic rings. The largest absolute Gasteiger partial charge is 0.449 e. The van der Waals surface area contributed by atoms with Crippen LogP contribution in [0.1, 0.15) is 29.3 Å². The molecule has 8 nitrogen and oxygen atoms in total. The number of nitrogens with zero attached hydrogens (tertiary/aromatic N) is 3. The molecule has 0 radical (unpaired) electrons. The Hall–Kier alpha value is -4.37. The maximum absolute atomic E-state index is 12.8. The molecule has 5 rings (SSSR count). The van der Waals surface area contributed by atoms with Crippen LogP contribution in [0.3, 0.4) is 0 Å². The number of benzene rings is 2. The molecular weight excluding hydrogens is 474 g/mol. The van der Waals surface area contributed by atoms with Crippen LogP contribution in [0.2, 0.25) is 0 Å². The minimum Gasteiger partial charge on any atom is -0.449 e. The first-order chi connectivity index (χ1) is 17.5. The molecule has 0 saturated heterocycles. The summed E-state index contributed by atoms with van der Waals surface area (Å²) in [5.74, 6) is -0.351. The van der Waals surface area contributed by atoms with Crippen LogP contribution >= 0.6 is 11.3 Å². The first kappa shape index (κ1) is 23.4. The highest BCUT2D eigenvalue weighted by atomic mass is 32.1. The summed E-state index contributed by atoms with van der Waals surface area (Å²) in [5.41, 5.74) is 5.47. The van der Waals surface area contributed by atoms with Crippen molar-refractivity contribution in [2.75, 3.05) is 5.32 Å². The molecule has 0 saturated carbocycles. The molecule has 0 aliphatic heterocycles. The summed E-state index contributed by atoms with van der Waals surface area (Å²) in [7, 11) is 0. The van der Waals surface area contributed by atoms with Crippen molar-refractivity contribution in [2.24, 2.45) is 0 Å². The lowest BCUT2D eigenvalue weighted by Gasteiger charge is -2.15. The Bertz CT molecular complexity index is 1530. The number of hydrogen-bond donors (Lipinski definition) is 2. The number of aromatic amines is 1. The van der Waals surface area contributed by atoms with Gasteiger partial charge in [0, 0.05) is 28.9 Å². The topological polar surface area (TPSA) is 110 Å². The lowest BCUT2D eigenvalue weighted by molar-refractivity contribution is -0.124. The number of aryl methyl sites for hydroxylation is 1. The number of pyridine rings is 1. The van der Waals surface area contributed by atoms with Gasteiger partial charge in [0.05, 0.1) is 22.3 Å². The smallest absolute Gasteiger partial charge is 0.338 e. The Morgan fingerprint density at radius 3 is 2.67 bits per heavy atom. The summed E-state index contributed by atoms with van der Waals surface area (Å²) in [6.45, 7) is 3.81.